The Labute approximate surface area is 89.3 Å². The molecule has 0 saturated carbocycles. The van der Waals surface area contributed by atoms with Crippen LogP contribution in [0.5, 0.6) is 0 Å². The van der Waals surface area contributed by atoms with Crippen molar-refractivity contribution >= 4 is 11.6 Å². The van der Waals surface area contributed by atoms with Crippen LogP contribution < -0.4 is 5.32 Å². The number of nitrogens with one attached hydrogen (secondary N) is 1. The molecule has 1 amide bonds. The minimum atomic E-state index is -4.77. The Morgan fingerprint density at radius 1 is 1.38 bits per heavy atom. The standard InChI is InChI=1S/C10H9F4NO/c1-2-8(16)15-7-5-3-4-6(9(7)11)10(12,13)14/h3-5H,2H2,1H3,(H,15,16). The smallest absolute Gasteiger partial charge is 0.324 e. The largest absolute Gasteiger partial charge is 0.419 e. The van der Waals surface area contributed by atoms with Gasteiger partial charge in [0.2, 0.25) is 5.91 Å². The highest BCUT2D eigenvalue weighted by Gasteiger charge is 2.34. The van der Waals surface area contributed by atoms with Crippen molar-refractivity contribution in [3.63, 3.8) is 0 Å². The van der Waals surface area contributed by atoms with Crippen molar-refractivity contribution in [2.75, 3.05) is 5.32 Å². The Morgan fingerprint density at radius 2 is 2.00 bits per heavy atom. The summed E-state index contributed by atoms with van der Waals surface area (Å²) in [4.78, 5) is 10.9. The molecule has 0 radical (unpaired) electrons. The first kappa shape index (κ1) is 12.5. The van der Waals surface area contributed by atoms with Gasteiger partial charge in [0.15, 0.2) is 5.82 Å². The third kappa shape index (κ3) is 2.71. The van der Waals surface area contributed by atoms with E-state index in [-0.39, 0.29) is 6.42 Å². The summed E-state index contributed by atoms with van der Waals surface area (Å²) in [6.45, 7) is 1.51. The fourth-order valence-corrected chi connectivity index (χ4v) is 1.09. The Hall–Kier alpha value is -1.59. The van der Waals surface area contributed by atoms with E-state index >= 15 is 0 Å². The van der Waals surface area contributed by atoms with E-state index in [1.54, 1.807) is 0 Å². The van der Waals surface area contributed by atoms with Crippen LogP contribution >= 0.6 is 0 Å². The van der Waals surface area contributed by atoms with E-state index in [9.17, 15) is 22.4 Å². The monoisotopic (exact) mass is 235 g/mol. The van der Waals surface area contributed by atoms with Crippen LogP contribution in [0.4, 0.5) is 23.2 Å². The molecule has 0 spiro atoms. The predicted molar refractivity (Wildman–Crippen MR) is 50.3 cm³/mol. The minimum absolute atomic E-state index is 0.0652. The van der Waals surface area contributed by atoms with Crippen LogP contribution in [0.3, 0.4) is 0 Å². The van der Waals surface area contributed by atoms with E-state index < -0.39 is 29.2 Å². The molecule has 0 fully saturated rings. The Morgan fingerprint density at radius 3 is 2.50 bits per heavy atom. The number of amides is 1. The summed E-state index contributed by atoms with van der Waals surface area (Å²) in [5, 5.41) is 2.06. The second-order valence-electron chi connectivity index (χ2n) is 3.07. The van der Waals surface area contributed by atoms with E-state index in [1.807, 2.05) is 0 Å². The predicted octanol–water partition coefficient (Wildman–Crippen LogP) is 3.19. The van der Waals surface area contributed by atoms with Crippen LogP contribution in [0.25, 0.3) is 0 Å². The number of carbonyl (C=O) groups excluding carboxylic acids is 1. The Kier molecular flexibility index (Phi) is 3.51. The number of alkyl halides is 3. The van der Waals surface area contributed by atoms with E-state index in [0.717, 1.165) is 12.1 Å². The lowest BCUT2D eigenvalue weighted by Crippen LogP contribution is -2.14. The summed E-state index contributed by atoms with van der Waals surface area (Å²) < 4.78 is 50.2. The lowest BCUT2D eigenvalue weighted by atomic mass is 10.1. The zero-order chi connectivity index (χ0) is 12.3. The maximum Gasteiger partial charge on any atom is 0.419 e. The lowest BCUT2D eigenvalue weighted by molar-refractivity contribution is -0.140. The topological polar surface area (TPSA) is 29.1 Å². The van der Waals surface area contributed by atoms with Crippen molar-refractivity contribution in [2.24, 2.45) is 0 Å². The minimum Gasteiger partial charge on any atom is -0.324 e. The third-order valence-corrected chi connectivity index (χ3v) is 1.90. The zero-order valence-electron chi connectivity index (χ0n) is 8.36. The van der Waals surface area contributed by atoms with Crippen LogP contribution in [0.2, 0.25) is 0 Å². The van der Waals surface area contributed by atoms with Gasteiger partial charge in [-0.15, -0.1) is 0 Å². The molecule has 0 aliphatic heterocycles. The first-order valence-electron chi connectivity index (χ1n) is 4.51. The fraction of sp³-hybridized carbons (Fsp3) is 0.300. The molecule has 1 aromatic carbocycles. The maximum atomic E-state index is 13.3. The molecule has 0 aliphatic rings. The molecule has 0 heterocycles. The average molecular weight is 235 g/mol. The molecule has 0 atom stereocenters. The van der Waals surface area contributed by atoms with Gasteiger partial charge in [0.05, 0.1) is 11.3 Å². The molecular formula is C10H9F4NO. The van der Waals surface area contributed by atoms with Gasteiger partial charge < -0.3 is 5.32 Å². The van der Waals surface area contributed by atoms with Crippen molar-refractivity contribution in [3.05, 3.63) is 29.6 Å². The molecule has 1 N–H and O–H groups in total. The number of hydrogen-bond donors (Lipinski definition) is 1. The van der Waals surface area contributed by atoms with Crippen molar-refractivity contribution in [3.8, 4) is 0 Å². The summed E-state index contributed by atoms with van der Waals surface area (Å²) in [6, 6.07) is 2.74. The van der Waals surface area contributed by atoms with Crippen molar-refractivity contribution in [1.82, 2.24) is 0 Å². The van der Waals surface area contributed by atoms with Gasteiger partial charge in [-0.3, -0.25) is 4.79 Å². The van der Waals surface area contributed by atoms with Crippen LogP contribution in [0.15, 0.2) is 18.2 Å². The SMILES string of the molecule is CCC(=O)Nc1cccc(C(F)(F)F)c1F. The zero-order valence-corrected chi connectivity index (χ0v) is 8.36. The van der Waals surface area contributed by atoms with Gasteiger partial charge in [0, 0.05) is 6.42 Å². The first-order chi connectivity index (χ1) is 7.36. The van der Waals surface area contributed by atoms with Gasteiger partial charge in [-0.05, 0) is 12.1 Å². The molecule has 1 rings (SSSR count). The van der Waals surface area contributed by atoms with Gasteiger partial charge in [-0.25, -0.2) is 4.39 Å². The Balaban J connectivity index is 3.09. The highest BCUT2D eigenvalue weighted by atomic mass is 19.4. The summed E-state index contributed by atoms with van der Waals surface area (Å²) in [5.74, 6) is -2.00. The first-order valence-corrected chi connectivity index (χ1v) is 4.51. The highest BCUT2D eigenvalue weighted by Crippen LogP contribution is 2.33. The summed E-state index contributed by atoms with van der Waals surface area (Å²) in [5.41, 5.74) is -1.84. The molecular weight excluding hydrogens is 226 g/mol. The maximum absolute atomic E-state index is 13.3. The van der Waals surface area contributed by atoms with Crippen LogP contribution in [-0.2, 0) is 11.0 Å². The Bertz CT molecular complexity index is 400. The number of carbonyl (C=O) groups is 1. The number of anilines is 1. The molecule has 0 aromatic heterocycles. The van der Waals surface area contributed by atoms with Gasteiger partial charge in [0.25, 0.3) is 0 Å². The van der Waals surface area contributed by atoms with Crippen molar-refractivity contribution in [1.29, 1.82) is 0 Å². The van der Waals surface area contributed by atoms with Crippen molar-refractivity contribution < 1.29 is 22.4 Å². The summed E-state index contributed by atoms with van der Waals surface area (Å²) in [7, 11) is 0. The average Bonchev–Trinajstić information content (AvgIpc) is 2.19. The molecule has 16 heavy (non-hydrogen) atoms. The van der Waals surface area contributed by atoms with E-state index in [4.69, 9.17) is 0 Å². The van der Waals surface area contributed by atoms with Crippen molar-refractivity contribution in [2.45, 2.75) is 19.5 Å². The van der Waals surface area contributed by atoms with E-state index in [0.29, 0.717) is 6.07 Å². The fourth-order valence-electron chi connectivity index (χ4n) is 1.09. The number of hydrogen-bond acceptors (Lipinski definition) is 1. The molecule has 0 saturated heterocycles. The number of benzene rings is 1. The van der Waals surface area contributed by atoms with Crippen LogP contribution in [0.1, 0.15) is 18.9 Å². The van der Waals surface area contributed by atoms with Gasteiger partial charge >= 0.3 is 6.18 Å². The number of rotatable bonds is 2. The molecule has 0 aliphatic carbocycles. The number of halogens is 4. The van der Waals surface area contributed by atoms with Gasteiger partial charge in [0.1, 0.15) is 0 Å². The van der Waals surface area contributed by atoms with Crippen LogP contribution in [0, 0.1) is 5.82 Å². The second kappa shape index (κ2) is 4.51. The van der Waals surface area contributed by atoms with E-state index in [1.165, 1.54) is 6.92 Å². The molecule has 0 bridgehead atoms. The second-order valence-corrected chi connectivity index (χ2v) is 3.07. The normalized spacial score (nSPS) is 11.3. The van der Waals surface area contributed by atoms with Gasteiger partial charge in [-0.1, -0.05) is 13.0 Å². The lowest BCUT2D eigenvalue weighted by Gasteiger charge is -2.11. The molecule has 1 aromatic rings. The summed E-state index contributed by atoms with van der Waals surface area (Å²) >= 11 is 0. The third-order valence-electron chi connectivity index (χ3n) is 1.90. The molecule has 2 nitrogen and oxygen atoms in total. The molecule has 88 valence electrons. The molecule has 6 heteroatoms. The van der Waals surface area contributed by atoms with Gasteiger partial charge in [-0.2, -0.15) is 13.2 Å². The quantitative estimate of drug-likeness (QED) is 0.783. The molecule has 0 unspecified atom stereocenters. The van der Waals surface area contributed by atoms with E-state index in [2.05, 4.69) is 5.32 Å². The summed E-state index contributed by atoms with van der Waals surface area (Å²) in [6.07, 6.45) is -4.70. The van der Waals surface area contributed by atoms with Crippen LogP contribution in [-0.4, -0.2) is 5.91 Å². The highest BCUT2D eigenvalue weighted by molar-refractivity contribution is 5.90.